The number of ether oxygens (including phenoxy) is 1. The second kappa shape index (κ2) is 6.80. The first kappa shape index (κ1) is 17.0. The van der Waals surface area contributed by atoms with E-state index in [2.05, 4.69) is 15.3 Å². The van der Waals surface area contributed by atoms with E-state index < -0.39 is 17.7 Å². The highest BCUT2D eigenvalue weighted by molar-refractivity contribution is 5.86. The van der Waals surface area contributed by atoms with Crippen LogP contribution >= 0.6 is 0 Å². The Kier molecular flexibility index (Phi) is 5.02. The van der Waals surface area contributed by atoms with Gasteiger partial charge in [-0.3, -0.25) is 0 Å². The first-order chi connectivity index (χ1) is 10.7. The molecular weight excluding hydrogens is 300 g/mol. The fourth-order valence-corrected chi connectivity index (χ4v) is 2.29. The van der Waals surface area contributed by atoms with Crippen molar-refractivity contribution >= 4 is 18.0 Å². The highest BCUT2D eigenvalue weighted by atomic mass is 16.6. The minimum absolute atomic E-state index is 0.0550. The zero-order valence-electron chi connectivity index (χ0n) is 13.6. The van der Waals surface area contributed by atoms with E-state index in [4.69, 9.17) is 9.84 Å². The molecule has 1 saturated heterocycles. The normalized spacial score (nSPS) is 16.0. The number of anilines is 1. The average Bonchev–Trinajstić information content (AvgIpc) is 2.46. The van der Waals surface area contributed by atoms with Crippen molar-refractivity contribution in [2.75, 3.05) is 18.0 Å². The van der Waals surface area contributed by atoms with E-state index in [1.54, 1.807) is 0 Å². The van der Waals surface area contributed by atoms with E-state index in [9.17, 15) is 9.59 Å². The molecule has 2 rings (SSSR count). The molecule has 0 radical (unpaired) electrons. The summed E-state index contributed by atoms with van der Waals surface area (Å²) in [7, 11) is 0. The highest BCUT2D eigenvalue weighted by Gasteiger charge is 2.24. The molecule has 0 bridgehead atoms. The molecular formula is C15H22N4O4. The van der Waals surface area contributed by atoms with Gasteiger partial charge in [-0.05, 0) is 33.6 Å². The number of hydrogen-bond donors (Lipinski definition) is 2. The van der Waals surface area contributed by atoms with Crippen LogP contribution in [-0.4, -0.2) is 51.9 Å². The van der Waals surface area contributed by atoms with Gasteiger partial charge in [0.15, 0.2) is 0 Å². The van der Waals surface area contributed by atoms with Crippen molar-refractivity contribution in [1.82, 2.24) is 15.3 Å². The maximum atomic E-state index is 11.8. The standard InChI is InChI=1S/C15H22N4O4/c1-15(2,3)23-14(22)18-11-4-6-19(7-5-11)13-16-8-10(9-17-13)12(20)21/h8-9,11H,4-7H2,1-3H3,(H,18,22)(H,20,21). The number of piperidine rings is 1. The van der Waals surface area contributed by atoms with Crippen molar-refractivity contribution in [3.63, 3.8) is 0 Å². The Hall–Kier alpha value is -2.38. The van der Waals surface area contributed by atoms with Gasteiger partial charge in [0.2, 0.25) is 5.95 Å². The highest BCUT2D eigenvalue weighted by Crippen LogP contribution is 2.16. The lowest BCUT2D eigenvalue weighted by Gasteiger charge is -2.32. The van der Waals surface area contributed by atoms with Gasteiger partial charge < -0.3 is 20.1 Å². The Bertz CT molecular complexity index is 560. The summed E-state index contributed by atoms with van der Waals surface area (Å²) in [5.74, 6) is -0.539. The molecule has 2 N–H and O–H groups in total. The predicted octanol–water partition coefficient (Wildman–Crippen LogP) is 1.67. The third-order valence-corrected chi connectivity index (χ3v) is 3.38. The minimum atomic E-state index is -1.04. The van der Waals surface area contributed by atoms with E-state index in [1.165, 1.54) is 12.4 Å². The number of carboxylic acid groups (broad SMARTS) is 1. The molecule has 0 saturated carbocycles. The summed E-state index contributed by atoms with van der Waals surface area (Å²) in [5.41, 5.74) is -0.444. The van der Waals surface area contributed by atoms with Crippen LogP contribution in [0.2, 0.25) is 0 Å². The summed E-state index contributed by atoms with van der Waals surface area (Å²) in [6.45, 7) is 6.85. The summed E-state index contributed by atoms with van der Waals surface area (Å²) in [6.07, 6.45) is 3.70. The smallest absolute Gasteiger partial charge is 0.407 e. The third-order valence-electron chi connectivity index (χ3n) is 3.38. The van der Waals surface area contributed by atoms with Crippen molar-refractivity contribution in [3.05, 3.63) is 18.0 Å². The molecule has 0 aliphatic carbocycles. The van der Waals surface area contributed by atoms with Crippen LogP contribution in [0, 0.1) is 0 Å². The molecule has 0 aromatic carbocycles. The fraction of sp³-hybridized carbons (Fsp3) is 0.600. The van der Waals surface area contributed by atoms with Gasteiger partial charge in [0.05, 0.1) is 5.56 Å². The lowest BCUT2D eigenvalue weighted by molar-refractivity contribution is 0.0496. The van der Waals surface area contributed by atoms with E-state index in [-0.39, 0.29) is 11.6 Å². The summed E-state index contributed by atoms with van der Waals surface area (Å²) in [5, 5.41) is 11.7. The molecule has 0 unspecified atom stereocenters. The first-order valence-electron chi connectivity index (χ1n) is 7.54. The summed E-state index contributed by atoms with van der Waals surface area (Å²) in [4.78, 5) is 32.7. The molecule has 0 spiro atoms. The Labute approximate surface area is 134 Å². The quantitative estimate of drug-likeness (QED) is 0.872. The number of alkyl carbamates (subject to hydrolysis) is 1. The molecule has 1 fully saturated rings. The predicted molar refractivity (Wildman–Crippen MR) is 83.6 cm³/mol. The van der Waals surface area contributed by atoms with Crippen LogP contribution in [0.4, 0.5) is 10.7 Å². The molecule has 1 amide bonds. The third kappa shape index (κ3) is 5.08. The summed E-state index contributed by atoms with van der Waals surface area (Å²) in [6, 6.07) is 0.0550. The average molecular weight is 322 g/mol. The fourth-order valence-electron chi connectivity index (χ4n) is 2.29. The Balaban J connectivity index is 1.84. The molecule has 0 atom stereocenters. The number of aromatic nitrogens is 2. The van der Waals surface area contributed by atoms with Crippen molar-refractivity contribution in [3.8, 4) is 0 Å². The monoisotopic (exact) mass is 322 g/mol. The van der Waals surface area contributed by atoms with Gasteiger partial charge in [-0.15, -0.1) is 0 Å². The van der Waals surface area contributed by atoms with Gasteiger partial charge in [-0.25, -0.2) is 19.6 Å². The number of aromatic carboxylic acids is 1. The van der Waals surface area contributed by atoms with E-state index in [0.29, 0.717) is 19.0 Å². The largest absolute Gasteiger partial charge is 0.478 e. The van der Waals surface area contributed by atoms with Gasteiger partial charge in [-0.1, -0.05) is 0 Å². The van der Waals surface area contributed by atoms with Crippen LogP contribution in [0.1, 0.15) is 44.0 Å². The number of hydrogen-bond acceptors (Lipinski definition) is 6. The van der Waals surface area contributed by atoms with Crippen molar-refractivity contribution in [2.45, 2.75) is 45.3 Å². The molecule has 8 nitrogen and oxygen atoms in total. The van der Waals surface area contributed by atoms with E-state index in [0.717, 1.165) is 12.8 Å². The van der Waals surface area contributed by atoms with E-state index in [1.807, 2.05) is 25.7 Å². The maximum absolute atomic E-state index is 11.8. The second-order valence-electron chi connectivity index (χ2n) is 6.48. The number of carbonyl (C=O) groups is 2. The SMILES string of the molecule is CC(C)(C)OC(=O)NC1CCN(c2ncc(C(=O)O)cn2)CC1. The van der Waals surface area contributed by atoms with Crippen molar-refractivity contribution in [1.29, 1.82) is 0 Å². The summed E-state index contributed by atoms with van der Waals surface area (Å²) < 4.78 is 5.24. The Morgan fingerprint density at radius 2 is 1.83 bits per heavy atom. The van der Waals surface area contributed by atoms with Gasteiger partial charge >= 0.3 is 12.1 Å². The Morgan fingerprint density at radius 3 is 2.30 bits per heavy atom. The molecule has 126 valence electrons. The summed E-state index contributed by atoms with van der Waals surface area (Å²) >= 11 is 0. The maximum Gasteiger partial charge on any atom is 0.407 e. The van der Waals surface area contributed by atoms with Gasteiger partial charge in [-0.2, -0.15) is 0 Å². The molecule has 1 aliphatic rings. The van der Waals surface area contributed by atoms with Crippen molar-refractivity contribution < 1.29 is 19.4 Å². The molecule has 1 aromatic rings. The lowest BCUT2D eigenvalue weighted by atomic mass is 10.1. The van der Waals surface area contributed by atoms with Crippen LogP contribution in [0.25, 0.3) is 0 Å². The molecule has 8 heteroatoms. The molecule has 1 aromatic heterocycles. The number of amides is 1. The molecule has 2 heterocycles. The van der Waals surface area contributed by atoms with Crippen LogP contribution in [0.15, 0.2) is 12.4 Å². The van der Waals surface area contributed by atoms with Gasteiger partial charge in [0.25, 0.3) is 0 Å². The number of nitrogens with zero attached hydrogens (tertiary/aromatic N) is 3. The van der Waals surface area contributed by atoms with Crippen LogP contribution < -0.4 is 10.2 Å². The van der Waals surface area contributed by atoms with Crippen LogP contribution in [0.3, 0.4) is 0 Å². The number of rotatable bonds is 3. The number of carboxylic acids is 1. The van der Waals surface area contributed by atoms with Crippen LogP contribution in [0.5, 0.6) is 0 Å². The lowest BCUT2D eigenvalue weighted by Crippen LogP contribution is -2.46. The number of carbonyl (C=O) groups excluding carboxylic acids is 1. The van der Waals surface area contributed by atoms with Gasteiger partial charge in [0, 0.05) is 31.5 Å². The topological polar surface area (TPSA) is 105 Å². The zero-order valence-corrected chi connectivity index (χ0v) is 13.6. The van der Waals surface area contributed by atoms with Crippen molar-refractivity contribution in [2.24, 2.45) is 0 Å². The van der Waals surface area contributed by atoms with Gasteiger partial charge in [0.1, 0.15) is 5.60 Å². The molecule has 23 heavy (non-hydrogen) atoms. The Morgan fingerprint density at radius 1 is 1.26 bits per heavy atom. The minimum Gasteiger partial charge on any atom is -0.478 e. The zero-order chi connectivity index (χ0) is 17.0. The first-order valence-corrected chi connectivity index (χ1v) is 7.54. The number of nitrogens with one attached hydrogen (secondary N) is 1. The second-order valence-corrected chi connectivity index (χ2v) is 6.48. The molecule has 1 aliphatic heterocycles. The van der Waals surface area contributed by atoms with Crippen LogP contribution in [-0.2, 0) is 4.74 Å². The van der Waals surface area contributed by atoms with E-state index >= 15 is 0 Å².